The number of nitrogens with zero attached hydrogens (tertiary/aromatic N) is 1. The van der Waals surface area contributed by atoms with E-state index in [2.05, 4.69) is 10.3 Å². The first-order chi connectivity index (χ1) is 6.13. The van der Waals surface area contributed by atoms with Gasteiger partial charge in [0.15, 0.2) is 5.89 Å². The van der Waals surface area contributed by atoms with Gasteiger partial charge in [0.05, 0.1) is 6.20 Å². The number of aromatic nitrogens is 1. The first kappa shape index (κ1) is 9.73. The van der Waals surface area contributed by atoms with E-state index >= 15 is 0 Å². The standard InChI is InChI=1S/C8H13N3O2/c1-5(3-9)11-8(12)7-4-10-6(2)13-7/h4-5H,3,9H2,1-2H3,(H,11,12). The van der Waals surface area contributed by atoms with Gasteiger partial charge in [-0.1, -0.05) is 0 Å². The third-order valence-electron chi connectivity index (χ3n) is 1.58. The van der Waals surface area contributed by atoms with E-state index in [-0.39, 0.29) is 17.7 Å². The van der Waals surface area contributed by atoms with E-state index in [1.54, 1.807) is 6.92 Å². The van der Waals surface area contributed by atoms with Gasteiger partial charge in [-0.15, -0.1) is 0 Å². The molecule has 0 aliphatic rings. The maximum atomic E-state index is 11.3. The average Bonchev–Trinajstić information content (AvgIpc) is 2.51. The fourth-order valence-electron chi connectivity index (χ4n) is 0.820. The van der Waals surface area contributed by atoms with Crippen LogP contribution in [-0.2, 0) is 0 Å². The highest BCUT2D eigenvalue weighted by molar-refractivity contribution is 5.91. The molecule has 1 atom stereocenters. The molecular formula is C8H13N3O2. The Morgan fingerprint density at radius 3 is 3.00 bits per heavy atom. The highest BCUT2D eigenvalue weighted by Gasteiger charge is 2.12. The second-order valence-electron chi connectivity index (χ2n) is 2.85. The Hall–Kier alpha value is -1.36. The topological polar surface area (TPSA) is 81.2 Å². The van der Waals surface area contributed by atoms with Crippen LogP contribution in [0.15, 0.2) is 10.6 Å². The van der Waals surface area contributed by atoms with Crippen LogP contribution in [0.1, 0.15) is 23.4 Å². The number of amides is 1. The number of rotatable bonds is 3. The lowest BCUT2D eigenvalue weighted by atomic mass is 10.3. The third kappa shape index (κ3) is 2.55. The third-order valence-corrected chi connectivity index (χ3v) is 1.58. The van der Waals surface area contributed by atoms with E-state index in [1.807, 2.05) is 6.92 Å². The number of hydrogen-bond acceptors (Lipinski definition) is 4. The summed E-state index contributed by atoms with van der Waals surface area (Å²) in [5.41, 5.74) is 5.34. The Kier molecular flexibility index (Phi) is 3.02. The van der Waals surface area contributed by atoms with Crippen LogP contribution >= 0.6 is 0 Å². The van der Waals surface area contributed by atoms with Crippen molar-refractivity contribution in [3.63, 3.8) is 0 Å². The van der Waals surface area contributed by atoms with Crippen molar-refractivity contribution in [3.8, 4) is 0 Å². The lowest BCUT2D eigenvalue weighted by Gasteiger charge is -2.08. The summed E-state index contributed by atoms with van der Waals surface area (Å²) >= 11 is 0. The number of carbonyl (C=O) groups excluding carboxylic acids is 1. The second kappa shape index (κ2) is 4.04. The smallest absolute Gasteiger partial charge is 0.288 e. The van der Waals surface area contributed by atoms with E-state index in [9.17, 15) is 4.79 Å². The van der Waals surface area contributed by atoms with Crippen molar-refractivity contribution in [3.05, 3.63) is 17.8 Å². The van der Waals surface area contributed by atoms with Crippen molar-refractivity contribution in [1.82, 2.24) is 10.3 Å². The quantitative estimate of drug-likeness (QED) is 0.694. The van der Waals surface area contributed by atoms with E-state index in [1.165, 1.54) is 6.20 Å². The number of hydrogen-bond donors (Lipinski definition) is 2. The van der Waals surface area contributed by atoms with Crippen molar-refractivity contribution in [2.45, 2.75) is 19.9 Å². The van der Waals surface area contributed by atoms with E-state index in [4.69, 9.17) is 10.2 Å². The molecule has 0 aliphatic heterocycles. The SMILES string of the molecule is Cc1ncc(C(=O)NC(C)CN)o1. The summed E-state index contributed by atoms with van der Waals surface area (Å²) in [7, 11) is 0. The summed E-state index contributed by atoms with van der Waals surface area (Å²) in [6.45, 7) is 3.91. The Morgan fingerprint density at radius 1 is 1.85 bits per heavy atom. The number of aryl methyl sites for hydroxylation is 1. The van der Waals surface area contributed by atoms with Crippen molar-refractivity contribution in [1.29, 1.82) is 0 Å². The fraction of sp³-hybridized carbons (Fsp3) is 0.500. The minimum atomic E-state index is -0.279. The summed E-state index contributed by atoms with van der Waals surface area (Å²) < 4.78 is 5.03. The number of oxazole rings is 1. The maximum Gasteiger partial charge on any atom is 0.288 e. The fourth-order valence-corrected chi connectivity index (χ4v) is 0.820. The number of carbonyl (C=O) groups is 1. The van der Waals surface area contributed by atoms with Gasteiger partial charge >= 0.3 is 0 Å². The Bertz CT molecular complexity index is 295. The monoisotopic (exact) mass is 183 g/mol. The van der Waals surface area contributed by atoms with Gasteiger partial charge in [-0.3, -0.25) is 4.79 Å². The second-order valence-corrected chi connectivity index (χ2v) is 2.85. The number of nitrogens with one attached hydrogen (secondary N) is 1. The molecule has 0 saturated heterocycles. The lowest BCUT2D eigenvalue weighted by Crippen LogP contribution is -2.37. The molecule has 1 aromatic rings. The van der Waals surface area contributed by atoms with Crippen LogP contribution in [0.25, 0.3) is 0 Å². The molecule has 0 aromatic carbocycles. The summed E-state index contributed by atoms with van der Waals surface area (Å²) in [5, 5.41) is 2.66. The first-order valence-corrected chi connectivity index (χ1v) is 4.07. The minimum absolute atomic E-state index is 0.0575. The van der Waals surface area contributed by atoms with Gasteiger partial charge < -0.3 is 15.5 Å². The molecule has 0 bridgehead atoms. The van der Waals surface area contributed by atoms with Crippen molar-refractivity contribution in [2.75, 3.05) is 6.54 Å². The Morgan fingerprint density at radius 2 is 2.54 bits per heavy atom. The van der Waals surface area contributed by atoms with Gasteiger partial charge in [0.25, 0.3) is 5.91 Å². The summed E-state index contributed by atoms with van der Waals surface area (Å²) in [6.07, 6.45) is 1.40. The summed E-state index contributed by atoms with van der Waals surface area (Å²) in [4.78, 5) is 15.1. The predicted octanol–water partition coefficient (Wildman–Crippen LogP) is 0.0600. The van der Waals surface area contributed by atoms with Crippen LogP contribution in [0.4, 0.5) is 0 Å². The summed E-state index contributed by atoms with van der Waals surface area (Å²) in [5.74, 6) is 0.418. The molecule has 1 heterocycles. The maximum absolute atomic E-state index is 11.3. The molecule has 1 amide bonds. The van der Waals surface area contributed by atoms with E-state index in [0.29, 0.717) is 12.4 Å². The molecule has 1 rings (SSSR count). The zero-order valence-electron chi connectivity index (χ0n) is 7.70. The zero-order chi connectivity index (χ0) is 9.84. The van der Waals surface area contributed by atoms with Gasteiger partial charge in [0.2, 0.25) is 5.76 Å². The van der Waals surface area contributed by atoms with Gasteiger partial charge in [0, 0.05) is 19.5 Å². The van der Waals surface area contributed by atoms with Gasteiger partial charge in [-0.05, 0) is 6.92 Å². The molecule has 13 heavy (non-hydrogen) atoms. The predicted molar refractivity (Wildman–Crippen MR) is 47.2 cm³/mol. The molecule has 1 unspecified atom stereocenters. The van der Waals surface area contributed by atoms with Gasteiger partial charge in [-0.2, -0.15) is 0 Å². The van der Waals surface area contributed by atoms with Crippen LogP contribution in [0.2, 0.25) is 0 Å². The molecule has 0 spiro atoms. The molecule has 0 fully saturated rings. The van der Waals surface area contributed by atoms with Crippen LogP contribution in [0.5, 0.6) is 0 Å². The molecule has 3 N–H and O–H groups in total. The molecule has 5 heteroatoms. The Balaban J connectivity index is 2.58. The van der Waals surface area contributed by atoms with Crippen molar-refractivity contribution >= 4 is 5.91 Å². The largest absolute Gasteiger partial charge is 0.436 e. The summed E-state index contributed by atoms with van der Waals surface area (Å²) in [6, 6.07) is -0.0575. The molecule has 0 radical (unpaired) electrons. The lowest BCUT2D eigenvalue weighted by molar-refractivity contribution is 0.0912. The molecule has 0 aliphatic carbocycles. The van der Waals surface area contributed by atoms with Crippen molar-refractivity contribution in [2.24, 2.45) is 5.73 Å². The van der Waals surface area contributed by atoms with Crippen LogP contribution in [0.3, 0.4) is 0 Å². The van der Waals surface area contributed by atoms with Gasteiger partial charge in [0.1, 0.15) is 0 Å². The highest BCUT2D eigenvalue weighted by atomic mass is 16.4. The van der Waals surface area contributed by atoms with Crippen LogP contribution < -0.4 is 11.1 Å². The highest BCUT2D eigenvalue weighted by Crippen LogP contribution is 2.01. The molecule has 0 saturated carbocycles. The van der Waals surface area contributed by atoms with Crippen molar-refractivity contribution < 1.29 is 9.21 Å². The van der Waals surface area contributed by atoms with E-state index in [0.717, 1.165) is 0 Å². The van der Waals surface area contributed by atoms with Crippen LogP contribution in [0, 0.1) is 6.92 Å². The number of nitrogens with two attached hydrogens (primary N) is 1. The van der Waals surface area contributed by atoms with Crippen LogP contribution in [-0.4, -0.2) is 23.5 Å². The molecular weight excluding hydrogens is 170 g/mol. The first-order valence-electron chi connectivity index (χ1n) is 4.07. The molecule has 72 valence electrons. The van der Waals surface area contributed by atoms with Gasteiger partial charge in [-0.25, -0.2) is 4.98 Å². The Labute approximate surface area is 76.3 Å². The van der Waals surface area contributed by atoms with E-state index < -0.39 is 0 Å². The molecule has 1 aromatic heterocycles. The normalized spacial score (nSPS) is 12.5. The average molecular weight is 183 g/mol. The zero-order valence-corrected chi connectivity index (χ0v) is 7.70. The minimum Gasteiger partial charge on any atom is -0.436 e. The molecule has 5 nitrogen and oxygen atoms in total.